The molecular weight excluding hydrogens is 751 g/mol. The zero-order chi connectivity index (χ0) is 40.2. The summed E-state index contributed by atoms with van der Waals surface area (Å²) in [5.74, 6) is 0.113. The third-order valence-electron chi connectivity index (χ3n) is 13.5. The molecule has 0 bridgehead atoms. The first kappa shape index (κ1) is 39.9. The van der Waals surface area contributed by atoms with Gasteiger partial charge < -0.3 is 34.9 Å². The van der Waals surface area contributed by atoms with Gasteiger partial charge in [0, 0.05) is 23.3 Å². The van der Waals surface area contributed by atoms with Crippen molar-refractivity contribution in [3.8, 4) is 11.5 Å². The molecule has 1 unspecified atom stereocenters. The number of rotatable bonds is 8. The average Bonchev–Trinajstić information content (AvgIpc) is 3.99. The van der Waals surface area contributed by atoms with Crippen molar-refractivity contribution in [3.05, 3.63) is 41.6 Å². The number of pyridine rings is 1. The fourth-order valence-electron chi connectivity index (χ4n) is 9.43. The van der Waals surface area contributed by atoms with Crippen LogP contribution >= 0.6 is 0 Å². The number of hydrogen-bond acceptors (Lipinski definition) is 10. The zero-order valence-corrected chi connectivity index (χ0v) is 34.1. The maximum atomic E-state index is 14.9. The molecule has 6 aliphatic rings. The molecule has 6 atom stereocenters. The van der Waals surface area contributed by atoms with Gasteiger partial charge in [0.1, 0.15) is 41.5 Å². The van der Waals surface area contributed by atoms with E-state index in [4.69, 9.17) is 19.2 Å². The Bertz CT molecular complexity index is 2050. The van der Waals surface area contributed by atoms with Crippen LogP contribution in [0.25, 0.3) is 10.9 Å². The summed E-state index contributed by atoms with van der Waals surface area (Å²) >= 11 is 0. The molecule has 1 spiro atoms. The normalized spacial score (nSPS) is 31.2. The second-order valence-electron chi connectivity index (χ2n) is 17.5. The first-order valence-electron chi connectivity index (χ1n) is 20.9. The van der Waals surface area contributed by atoms with E-state index in [0.29, 0.717) is 62.9 Å². The molecule has 3 aliphatic heterocycles. The van der Waals surface area contributed by atoms with Gasteiger partial charge in [0.05, 0.1) is 35.2 Å². The molecule has 0 radical (unpaired) electrons. The van der Waals surface area contributed by atoms with Gasteiger partial charge in [0.25, 0.3) is 0 Å². The van der Waals surface area contributed by atoms with E-state index in [9.17, 15) is 27.9 Å². The van der Waals surface area contributed by atoms with E-state index in [2.05, 4.69) is 15.4 Å². The Kier molecular flexibility index (Phi) is 10.7. The van der Waals surface area contributed by atoms with Crippen LogP contribution in [0.2, 0.25) is 0 Å². The topological polar surface area (TPSA) is 185 Å². The van der Waals surface area contributed by atoms with Crippen molar-refractivity contribution in [2.45, 2.75) is 157 Å². The molecule has 14 nitrogen and oxygen atoms in total. The number of nitrogens with zero attached hydrogens (tertiary/aromatic N) is 2. The third kappa shape index (κ3) is 7.71. The summed E-state index contributed by atoms with van der Waals surface area (Å²) in [6, 6.07) is 3.80. The van der Waals surface area contributed by atoms with Gasteiger partial charge >= 0.3 is 6.09 Å². The summed E-state index contributed by atoms with van der Waals surface area (Å²) in [7, 11) is -2.27. The molecule has 3 saturated carbocycles. The zero-order valence-electron chi connectivity index (χ0n) is 33.3. The van der Waals surface area contributed by atoms with Crippen LogP contribution in [0.15, 0.2) is 30.4 Å². The number of aliphatic hydroxyl groups is 1. The maximum absolute atomic E-state index is 14.9. The number of ether oxygens (including phenoxy) is 3. The van der Waals surface area contributed by atoms with Crippen LogP contribution in [0.1, 0.15) is 115 Å². The number of nitrogens with one attached hydrogen (secondary N) is 3. The highest BCUT2D eigenvalue weighted by Gasteiger charge is 2.63. The Hall–Kier alpha value is -3.95. The van der Waals surface area contributed by atoms with Gasteiger partial charge in [-0.25, -0.2) is 18.2 Å². The van der Waals surface area contributed by atoms with Gasteiger partial charge in [-0.2, -0.15) is 4.72 Å². The van der Waals surface area contributed by atoms with Crippen molar-refractivity contribution in [1.82, 2.24) is 25.2 Å². The molecule has 4 N–H and O–H groups in total. The Morgan fingerprint density at radius 1 is 1.11 bits per heavy atom. The molecular formula is C42H57N5O9S. The van der Waals surface area contributed by atoms with Crippen LogP contribution in [0.5, 0.6) is 11.5 Å². The lowest BCUT2D eigenvalue weighted by atomic mass is 9.87. The number of amides is 3. The molecule has 57 heavy (non-hydrogen) atoms. The number of fused-ring (bicyclic) bond motifs is 5. The predicted molar refractivity (Wildman–Crippen MR) is 212 cm³/mol. The Balaban J connectivity index is 1.13. The summed E-state index contributed by atoms with van der Waals surface area (Å²) in [6.45, 7) is 3.75. The largest absolute Gasteiger partial charge is 0.497 e. The standard InChI is InChI=1S/C42H57N5O9S/c1-4-31-35-29(30-22-28(54-3)16-17-32(30)43-31)18-19-41(56-35)24-34-36(48)45-42(38(50)46-57(52,53)40(2)20-21-40)23-26(42)12-8-6-5-7-9-15-33(37(49)47(34)25-41)44-39(51)55-27-13-10-11-14-27/h8,12,16-17,22,26-27,33-34,38,46,50H,4-7,9-11,13-15,18-21,23-25H2,1-3H3,(H,44,51)(H,45,48)/b12-8-/t26-,33+,34+,38?,41-,42-/m1/s1. The first-order chi connectivity index (χ1) is 27.3. The number of sulfonamides is 1. The molecule has 1 saturated heterocycles. The number of methoxy groups -OCH3 is 1. The van der Waals surface area contributed by atoms with Crippen LogP contribution in [-0.4, -0.2) is 95.3 Å². The molecule has 4 fully saturated rings. The number of aryl methyl sites for hydroxylation is 2. The first-order valence-corrected chi connectivity index (χ1v) is 22.4. The van der Waals surface area contributed by atoms with Crippen molar-refractivity contribution < 1.29 is 42.1 Å². The van der Waals surface area contributed by atoms with Crippen molar-refractivity contribution in [2.24, 2.45) is 5.92 Å². The van der Waals surface area contributed by atoms with Crippen LogP contribution in [-0.2, 0) is 37.2 Å². The highest BCUT2D eigenvalue weighted by molar-refractivity contribution is 7.91. The van der Waals surface area contributed by atoms with Crippen molar-refractivity contribution >= 4 is 38.8 Å². The van der Waals surface area contributed by atoms with Crippen molar-refractivity contribution in [3.63, 3.8) is 0 Å². The number of carbonyl (C=O) groups excluding carboxylic acids is 3. The highest BCUT2D eigenvalue weighted by Crippen LogP contribution is 2.50. The second-order valence-corrected chi connectivity index (χ2v) is 19.7. The lowest BCUT2D eigenvalue weighted by Gasteiger charge is -2.37. The SMILES string of the molecule is CCc1nc2ccc(OC)cc2c2c1O[C@]1(CC2)C[C@H]2C(=O)N[C@]3(C(O)NS(=O)(=O)C4(C)CC4)C[C@H]3/C=C\CCCCC[C@H](NC(=O)OC3CCCC3)C(=O)N2C1. The minimum atomic E-state index is -3.89. The Morgan fingerprint density at radius 3 is 2.61 bits per heavy atom. The molecule has 15 heteroatoms. The monoisotopic (exact) mass is 807 g/mol. The lowest BCUT2D eigenvalue weighted by molar-refractivity contribution is -0.141. The predicted octanol–water partition coefficient (Wildman–Crippen LogP) is 4.69. The molecule has 8 rings (SSSR count). The quantitative estimate of drug-likeness (QED) is 0.216. The summed E-state index contributed by atoms with van der Waals surface area (Å²) in [4.78, 5) is 49.4. The molecule has 1 aromatic carbocycles. The van der Waals surface area contributed by atoms with Crippen LogP contribution in [0, 0.1) is 5.92 Å². The summed E-state index contributed by atoms with van der Waals surface area (Å²) in [6.07, 6.45) is 11.7. The minimum Gasteiger partial charge on any atom is -0.497 e. The van der Waals surface area contributed by atoms with Crippen LogP contribution in [0.4, 0.5) is 4.79 Å². The smallest absolute Gasteiger partial charge is 0.408 e. The van der Waals surface area contributed by atoms with Crippen molar-refractivity contribution in [2.75, 3.05) is 13.7 Å². The van der Waals surface area contributed by atoms with Gasteiger partial charge in [-0.05, 0) is 109 Å². The third-order valence-corrected chi connectivity index (χ3v) is 15.7. The summed E-state index contributed by atoms with van der Waals surface area (Å²) < 4.78 is 46.4. The number of carbonyl (C=O) groups is 3. The number of hydrogen-bond donors (Lipinski definition) is 4. The van der Waals surface area contributed by atoms with Gasteiger partial charge in [-0.15, -0.1) is 0 Å². The van der Waals surface area contributed by atoms with E-state index in [-0.39, 0.29) is 25.0 Å². The Labute approximate surface area is 334 Å². The lowest BCUT2D eigenvalue weighted by Crippen LogP contribution is -2.60. The van der Waals surface area contributed by atoms with E-state index < -0.39 is 62.1 Å². The number of allylic oxidation sites excluding steroid dienone is 1. The van der Waals surface area contributed by atoms with Gasteiger partial charge in [0.15, 0.2) is 0 Å². The van der Waals surface area contributed by atoms with Crippen molar-refractivity contribution in [1.29, 1.82) is 0 Å². The number of benzene rings is 1. The highest BCUT2D eigenvalue weighted by atomic mass is 32.2. The molecule has 4 heterocycles. The second kappa shape index (κ2) is 15.3. The number of aliphatic hydroxyl groups excluding tert-OH is 1. The van der Waals surface area contributed by atoms with Crippen LogP contribution in [0.3, 0.4) is 0 Å². The van der Waals surface area contributed by atoms with E-state index in [1.54, 1.807) is 14.0 Å². The summed E-state index contributed by atoms with van der Waals surface area (Å²) in [5, 5.41) is 18.5. The van der Waals surface area contributed by atoms with Gasteiger partial charge in [0.2, 0.25) is 21.8 Å². The molecule has 3 amide bonds. The summed E-state index contributed by atoms with van der Waals surface area (Å²) in [5.41, 5.74) is 0.349. The maximum Gasteiger partial charge on any atom is 0.408 e. The molecule has 310 valence electrons. The van der Waals surface area contributed by atoms with E-state index in [1.807, 2.05) is 37.3 Å². The fourth-order valence-corrected chi connectivity index (χ4v) is 10.9. The van der Waals surface area contributed by atoms with Crippen LogP contribution < -0.4 is 24.8 Å². The Morgan fingerprint density at radius 2 is 1.88 bits per heavy atom. The minimum absolute atomic E-state index is 0.0857. The van der Waals surface area contributed by atoms with Gasteiger partial charge in [-0.3, -0.25) is 9.59 Å². The molecule has 1 aromatic heterocycles. The van der Waals surface area contributed by atoms with Gasteiger partial charge in [-0.1, -0.05) is 31.9 Å². The molecule has 3 aliphatic carbocycles. The average molecular weight is 808 g/mol. The van der Waals surface area contributed by atoms with E-state index in [0.717, 1.165) is 67.1 Å². The fraction of sp³-hybridized carbons (Fsp3) is 0.667. The number of aromatic nitrogens is 1. The van der Waals surface area contributed by atoms with E-state index in [1.165, 1.54) is 4.90 Å². The number of alkyl carbamates (subject to hydrolysis) is 1. The molecule has 2 aromatic rings. The van der Waals surface area contributed by atoms with E-state index >= 15 is 0 Å².